The number of nitrogens with one attached hydrogen (secondary N) is 1. The Morgan fingerprint density at radius 2 is 2.14 bits per heavy atom. The standard InChI is InChI=1S/C17H22N2OS/c1-3-6-14-16(11-18-12-9-10-12)21-17(19-14)13-7-4-5-8-15(13)20-2/h4-5,7-8,12,18H,3,6,9-11H2,1-2H3. The van der Waals surface area contributed by atoms with E-state index in [-0.39, 0.29) is 0 Å². The minimum Gasteiger partial charge on any atom is -0.496 e. The van der Waals surface area contributed by atoms with Crippen LogP contribution in [0.4, 0.5) is 0 Å². The van der Waals surface area contributed by atoms with E-state index in [1.54, 1.807) is 18.4 Å². The van der Waals surface area contributed by atoms with Crippen molar-refractivity contribution in [3.8, 4) is 16.3 Å². The molecule has 0 atom stereocenters. The molecule has 0 amide bonds. The van der Waals surface area contributed by atoms with E-state index >= 15 is 0 Å². The van der Waals surface area contributed by atoms with E-state index in [9.17, 15) is 0 Å². The number of ether oxygens (including phenoxy) is 1. The number of para-hydroxylation sites is 1. The molecule has 1 heterocycles. The van der Waals surface area contributed by atoms with Gasteiger partial charge < -0.3 is 10.1 Å². The van der Waals surface area contributed by atoms with Gasteiger partial charge in [-0.1, -0.05) is 25.5 Å². The van der Waals surface area contributed by atoms with E-state index in [0.29, 0.717) is 0 Å². The molecule has 1 fully saturated rings. The van der Waals surface area contributed by atoms with Crippen molar-refractivity contribution in [1.29, 1.82) is 0 Å². The fraction of sp³-hybridized carbons (Fsp3) is 0.471. The highest BCUT2D eigenvalue weighted by Gasteiger charge is 2.22. The molecule has 0 saturated heterocycles. The summed E-state index contributed by atoms with van der Waals surface area (Å²) in [6, 6.07) is 8.86. The molecule has 1 aromatic carbocycles. The van der Waals surface area contributed by atoms with Crippen molar-refractivity contribution < 1.29 is 4.74 Å². The largest absolute Gasteiger partial charge is 0.496 e. The third-order valence-corrected chi connectivity index (χ3v) is 4.86. The van der Waals surface area contributed by atoms with Crippen LogP contribution in [0.2, 0.25) is 0 Å². The number of nitrogens with zero attached hydrogens (tertiary/aromatic N) is 1. The van der Waals surface area contributed by atoms with Crippen LogP contribution in [0.1, 0.15) is 36.8 Å². The zero-order chi connectivity index (χ0) is 14.7. The van der Waals surface area contributed by atoms with Gasteiger partial charge in [-0.2, -0.15) is 0 Å². The Morgan fingerprint density at radius 3 is 2.86 bits per heavy atom. The van der Waals surface area contributed by atoms with Crippen LogP contribution in [0.25, 0.3) is 10.6 Å². The molecule has 3 rings (SSSR count). The first kappa shape index (κ1) is 14.5. The Balaban J connectivity index is 1.88. The second-order valence-corrected chi connectivity index (χ2v) is 6.58. The molecular weight excluding hydrogens is 280 g/mol. The van der Waals surface area contributed by atoms with Crippen LogP contribution in [0, 0.1) is 0 Å². The number of benzene rings is 1. The summed E-state index contributed by atoms with van der Waals surface area (Å²) in [5.74, 6) is 0.899. The molecule has 21 heavy (non-hydrogen) atoms. The average molecular weight is 302 g/mol. The number of hydrogen-bond acceptors (Lipinski definition) is 4. The molecule has 0 bridgehead atoms. The molecule has 2 aromatic rings. The molecule has 112 valence electrons. The van der Waals surface area contributed by atoms with Crippen molar-refractivity contribution in [3.05, 3.63) is 34.8 Å². The van der Waals surface area contributed by atoms with Crippen LogP contribution in [0.3, 0.4) is 0 Å². The molecular formula is C17H22N2OS. The highest BCUT2D eigenvalue weighted by Crippen LogP contribution is 2.35. The smallest absolute Gasteiger partial charge is 0.129 e. The van der Waals surface area contributed by atoms with Crippen LogP contribution >= 0.6 is 11.3 Å². The van der Waals surface area contributed by atoms with Gasteiger partial charge in [0.15, 0.2) is 0 Å². The highest BCUT2D eigenvalue weighted by atomic mass is 32.1. The molecule has 0 spiro atoms. The van der Waals surface area contributed by atoms with E-state index < -0.39 is 0 Å². The van der Waals surface area contributed by atoms with Gasteiger partial charge in [0.1, 0.15) is 10.8 Å². The van der Waals surface area contributed by atoms with Crippen LogP contribution < -0.4 is 10.1 Å². The Labute approximate surface area is 130 Å². The molecule has 1 N–H and O–H groups in total. The first-order valence-electron chi connectivity index (χ1n) is 7.67. The normalized spacial score (nSPS) is 14.4. The minimum absolute atomic E-state index is 0.733. The molecule has 1 aliphatic rings. The van der Waals surface area contributed by atoms with Crippen LogP contribution in [0.15, 0.2) is 24.3 Å². The van der Waals surface area contributed by atoms with Crippen molar-refractivity contribution in [3.63, 3.8) is 0 Å². The fourth-order valence-corrected chi connectivity index (χ4v) is 3.50. The number of aromatic nitrogens is 1. The van der Waals surface area contributed by atoms with E-state index in [0.717, 1.165) is 41.7 Å². The summed E-state index contributed by atoms with van der Waals surface area (Å²) in [5, 5.41) is 4.68. The van der Waals surface area contributed by atoms with E-state index in [1.165, 1.54) is 23.4 Å². The fourth-order valence-electron chi connectivity index (χ4n) is 2.41. The Kier molecular flexibility index (Phi) is 4.56. The maximum atomic E-state index is 5.47. The van der Waals surface area contributed by atoms with Crippen molar-refractivity contribution in [2.75, 3.05) is 7.11 Å². The van der Waals surface area contributed by atoms with Gasteiger partial charge in [-0.05, 0) is 31.4 Å². The van der Waals surface area contributed by atoms with Gasteiger partial charge in [0.2, 0.25) is 0 Å². The summed E-state index contributed by atoms with van der Waals surface area (Å²) >= 11 is 1.80. The molecule has 1 saturated carbocycles. The van der Waals surface area contributed by atoms with E-state index in [4.69, 9.17) is 9.72 Å². The number of thiazole rings is 1. The lowest BCUT2D eigenvalue weighted by Crippen LogP contribution is -2.15. The van der Waals surface area contributed by atoms with Gasteiger partial charge in [-0.15, -0.1) is 11.3 Å². The lowest BCUT2D eigenvalue weighted by atomic mass is 10.2. The minimum atomic E-state index is 0.733. The lowest BCUT2D eigenvalue weighted by molar-refractivity contribution is 0.416. The first-order valence-corrected chi connectivity index (χ1v) is 8.48. The molecule has 3 nitrogen and oxygen atoms in total. The summed E-state index contributed by atoms with van der Waals surface area (Å²) in [4.78, 5) is 6.25. The van der Waals surface area contributed by atoms with E-state index in [1.807, 2.05) is 18.2 Å². The van der Waals surface area contributed by atoms with Gasteiger partial charge in [-0.3, -0.25) is 0 Å². The molecule has 4 heteroatoms. The molecule has 0 aliphatic heterocycles. The number of methoxy groups -OCH3 is 1. The maximum Gasteiger partial charge on any atom is 0.129 e. The Hall–Kier alpha value is -1.39. The van der Waals surface area contributed by atoms with Crippen molar-refractivity contribution in [1.82, 2.24) is 10.3 Å². The van der Waals surface area contributed by atoms with Crippen LogP contribution in [0.5, 0.6) is 5.75 Å². The monoisotopic (exact) mass is 302 g/mol. The topological polar surface area (TPSA) is 34.1 Å². The number of aryl methyl sites for hydroxylation is 1. The van der Waals surface area contributed by atoms with Gasteiger partial charge in [0, 0.05) is 17.5 Å². The lowest BCUT2D eigenvalue weighted by Gasteiger charge is -2.04. The number of rotatable bonds is 7. The van der Waals surface area contributed by atoms with E-state index in [2.05, 4.69) is 18.3 Å². The maximum absolute atomic E-state index is 5.47. The predicted molar refractivity (Wildman–Crippen MR) is 88.0 cm³/mol. The van der Waals surface area contributed by atoms with Gasteiger partial charge in [0.25, 0.3) is 0 Å². The average Bonchev–Trinajstić information content (AvgIpc) is 3.26. The summed E-state index contributed by atoms with van der Waals surface area (Å²) in [6.07, 6.45) is 4.82. The summed E-state index contributed by atoms with van der Waals surface area (Å²) in [6.45, 7) is 3.16. The SMILES string of the molecule is CCCc1nc(-c2ccccc2OC)sc1CNC1CC1. The van der Waals surface area contributed by atoms with Gasteiger partial charge >= 0.3 is 0 Å². The Bertz CT molecular complexity index is 605. The third-order valence-electron chi connectivity index (χ3n) is 3.73. The molecule has 1 aromatic heterocycles. The summed E-state index contributed by atoms with van der Waals surface area (Å²) in [5.41, 5.74) is 2.34. The zero-order valence-corrected chi connectivity index (χ0v) is 13.5. The molecule has 1 aliphatic carbocycles. The first-order chi connectivity index (χ1) is 10.3. The van der Waals surface area contributed by atoms with Crippen molar-refractivity contribution in [2.45, 2.75) is 45.2 Å². The number of hydrogen-bond donors (Lipinski definition) is 1. The summed E-state index contributed by atoms with van der Waals surface area (Å²) in [7, 11) is 1.72. The van der Waals surface area contributed by atoms with Crippen molar-refractivity contribution in [2.24, 2.45) is 0 Å². The van der Waals surface area contributed by atoms with Crippen LogP contribution in [-0.2, 0) is 13.0 Å². The van der Waals surface area contributed by atoms with Gasteiger partial charge in [-0.25, -0.2) is 4.98 Å². The van der Waals surface area contributed by atoms with Crippen LogP contribution in [-0.4, -0.2) is 18.1 Å². The quantitative estimate of drug-likeness (QED) is 0.838. The Morgan fingerprint density at radius 1 is 1.33 bits per heavy atom. The zero-order valence-electron chi connectivity index (χ0n) is 12.7. The van der Waals surface area contributed by atoms with Gasteiger partial charge in [0.05, 0.1) is 18.4 Å². The second kappa shape index (κ2) is 6.58. The highest BCUT2D eigenvalue weighted by molar-refractivity contribution is 7.15. The summed E-state index contributed by atoms with van der Waals surface area (Å²) < 4.78 is 5.47. The molecule has 0 radical (unpaired) electrons. The third kappa shape index (κ3) is 3.44. The second-order valence-electron chi connectivity index (χ2n) is 5.49. The predicted octanol–water partition coefficient (Wildman–Crippen LogP) is 4.02. The molecule has 0 unspecified atom stereocenters. The van der Waals surface area contributed by atoms with Crippen molar-refractivity contribution >= 4 is 11.3 Å².